The van der Waals surface area contributed by atoms with E-state index in [-0.39, 0.29) is 5.91 Å². The van der Waals surface area contributed by atoms with Crippen molar-refractivity contribution in [2.75, 3.05) is 5.32 Å². The number of nitrogens with one attached hydrogen (secondary N) is 2. The third-order valence-corrected chi connectivity index (χ3v) is 5.48. The van der Waals surface area contributed by atoms with E-state index in [2.05, 4.69) is 37.8 Å². The van der Waals surface area contributed by atoms with Crippen LogP contribution in [-0.4, -0.2) is 16.9 Å². The molecule has 0 radical (unpaired) electrons. The van der Waals surface area contributed by atoms with Crippen molar-refractivity contribution in [3.8, 4) is 10.6 Å². The van der Waals surface area contributed by atoms with E-state index in [9.17, 15) is 4.79 Å². The molecule has 1 aliphatic carbocycles. The Morgan fingerprint density at radius 3 is 2.71 bits per heavy atom. The molecule has 0 saturated heterocycles. The predicted molar refractivity (Wildman–Crippen MR) is 99.7 cm³/mol. The fourth-order valence-electron chi connectivity index (χ4n) is 2.34. The molecule has 1 fully saturated rings. The maximum Gasteiger partial charge on any atom is 0.251 e. The molecule has 24 heavy (non-hydrogen) atoms. The van der Waals surface area contributed by atoms with Crippen molar-refractivity contribution in [1.29, 1.82) is 0 Å². The lowest BCUT2D eigenvalue weighted by atomic mass is 10.2. The molecule has 122 valence electrons. The fraction of sp³-hybridized carbons (Fsp3) is 0.222. The average Bonchev–Trinajstić information content (AvgIpc) is 3.08. The second kappa shape index (κ2) is 6.75. The number of amides is 1. The Morgan fingerprint density at radius 1 is 1.17 bits per heavy atom. The van der Waals surface area contributed by atoms with Crippen LogP contribution >= 0.6 is 22.7 Å². The second-order valence-electron chi connectivity index (χ2n) is 5.83. The molecule has 3 aromatic rings. The summed E-state index contributed by atoms with van der Waals surface area (Å²) in [5, 5.41) is 13.7. The summed E-state index contributed by atoms with van der Waals surface area (Å²) in [6.45, 7) is 0.675. The van der Waals surface area contributed by atoms with Gasteiger partial charge in [-0.3, -0.25) is 4.79 Å². The smallest absolute Gasteiger partial charge is 0.251 e. The number of hydrogen-bond acceptors (Lipinski definition) is 5. The van der Waals surface area contributed by atoms with E-state index in [0.717, 1.165) is 29.2 Å². The van der Waals surface area contributed by atoms with Gasteiger partial charge in [0, 0.05) is 33.6 Å². The van der Waals surface area contributed by atoms with Gasteiger partial charge in [-0.2, -0.15) is 11.3 Å². The van der Waals surface area contributed by atoms with E-state index >= 15 is 0 Å². The molecule has 0 atom stereocenters. The summed E-state index contributed by atoms with van der Waals surface area (Å²) in [4.78, 5) is 16.6. The average molecular weight is 355 g/mol. The fourth-order valence-corrected chi connectivity index (χ4v) is 3.87. The van der Waals surface area contributed by atoms with Gasteiger partial charge in [-0.25, -0.2) is 4.98 Å². The number of rotatable bonds is 6. The van der Waals surface area contributed by atoms with Crippen LogP contribution in [0.5, 0.6) is 0 Å². The van der Waals surface area contributed by atoms with E-state index < -0.39 is 0 Å². The van der Waals surface area contributed by atoms with E-state index in [4.69, 9.17) is 0 Å². The van der Waals surface area contributed by atoms with Crippen molar-refractivity contribution in [3.63, 3.8) is 0 Å². The monoisotopic (exact) mass is 355 g/mol. The van der Waals surface area contributed by atoms with Crippen LogP contribution in [0.15, 0.2) is 46.5 Å². The first-order valence-electron chi connectivity index (χ1n) is 7.90. The number of aromatic nitrogens is 1. The van der Waals surface area contributed by atoms with Gasteiger partial charge in [0.05, 0.1) is 12.2 Å². The van der Waals surface area contributed by atoms with Gasteiger partial charge in [-0.1, -0.05) is 0 Å². The third-order valence-electron chi connectivity index (χ3n) is 3.85. The Kier molecular flexibility index (Phi) is 4.32. The highest BCUT2D eigenvalue weighted by Gasteiger charge is 2.23. The molecular weight excluding hydrogens is 338 g/mol. The van der Waals surface area contributed by atoms with Crippen LogP contribution in [-0.2, 0) is 6.54 Å². The third kappa shape index (κ3) is 3.66. The summed E-state index contributed by atoms with van der Waals surface area (Å²) in [7, 11) is 0. The van der Waals surface area contributed by atoms with Crippen molar-refractivity contribution in [2.45, 2.75) is 25.4 Å². The largest absolute Gasteiger partial charge is 0.379 e. The van der Waals surface area contributed by atoms with Crippen LogP contribution in [0.25, 0.3) is 10.6 Å². The number of anilines is 1. The molecule has 2 aromatic heterocycles. The summed E-state index contributed by atoms with van der Waals surface area (Å²) < 4.78 is 0. The van der Waals surface area contributed by atoms with Gasteiger partial charge < -0.3 is 10.6 Å². The van der Waals surface area contributed by atoms with Crippen LogP contribution in [0.2, 0.25) is 0 Å². The van der Waals surface area contributed by atoms with E-state index in [1.54, 1.807) is 22.7 Å². The van der Waals surface area contributed by atoms with Crippen LogP contribution in [0.4, 0.5) is 5.69 Å². The summed E-state index contributed by atoms with van der Waals surface area (Å²) in [6.07, 6.45) is 2.21. The van der Waals surface area contributed by atoms with E-state index in [1.807, 2.05) is 24.3 Å². The van der Waals surface area contributed by atoms with Gasteiger partial charge in [0.1, 0.15) is 5.01 Å². The Bertz CT molecular complexity index is 820. The number of carbonyl (C=O) groups is 1. The number of thiophene rings is 1. The van der Waals surface area contributed by atoms with Crippen LogP contribution in [0.3, 0.4) is 0 Å². The molecular formula is C18H17N3OS2. The SMILES string of the molecule is O=C(NC1CC1)c1ccc(NCc2csc(-c3ccsc3)n2)cc1. The molecule has 4 nitrogen and oxygen atoms in total. The number of benzene rings is 1. The second-order valence-corrected chi connectivity index (χ2v) is 7.47. The molecule has 2 N–H and O–H groups in total. The van der Waals surface area contributed by atoms with Gasteiger partial charge in [0.2, 0.25) is 0 Å². The maximum atomic E-state index is 12.0. The highest BCUT2D eigenvalue weighted by atomic mass is 32.1. The lowest BCUT2D eigenvalue weighted by molar-refractivity contribution is 0.0951. The van der Waals surface area contributed by atoms with Gasteiger partial charge in [0.15, 0.2) is 0 Å². The summed E-state index contributed by atoms with van der Waals surface area (Å²) >= 11 is 3.35. The van der Waals surface area contributed by atoms with E-state index in [1.165, 1.54) is 5.56 Å². The molecule has 1 aromatic carbocycles. The molecule has 2 heterocycles. The Balaban J connectivity index is 1.34. The Morgan fingerprint density at radius 2 is 2.00 bits per heavy atom. The standard InChI is InChI=1S/C18H17N3OS2/c22-17(20-15-5-6-15)12-1-3-14(4-2-12)19-9-16-11-24-18(21-16)13-7-8-23-10-13/h1-4,7-8,10-11,15,19H,5-6,9H2,(H,20,22). The summed E-state index contributed by atoms with van der Waals surface area (Å²) in [6, 6.07) is 10.1. The molecule has 0 aliphatic heterocycles. The number of thiazole rings is 1. The minimum Gasteiger partial charge on any atom is -0.379 e. The summed E-state index contributed by atoms with van der Waals surface area (Å²) in [5.41, 5.74) is 3.91. The molecule has 1 saturated carbocycles. The quantitative estimate of drug-likeness (QED) is 0.690. The highest BCUT2D eigenvalue weighted by molar-refractivity contribution is 7.14. The number of hydrogen-bond donors (Lipinski definition) is 2. The summed E-state index contributed by atoms with van der Waals surface area (Å²) in [5.74, 6) is 0.0176. The van der Waals surface area contributed by atoms with Gasteiger partial charge >= 0.3 is 0 Å². The first kappa shape index (κ1) is 15.4. The maximum absolute atomic E-state index is 12.0. The zero-order chi connectivity index (χ0) is 16.4. The van der Waals surface area contributed by atoms with Crippen molar-refractivity contribution < 1.29 is 4.79 Å². The van der Waals surface area contributed by atoms with Gasteiger partial charge in [0.25, 0.3) is 5.91 Å². The van der Waals surface area contributed by atoms with Crippen molar-refractivity contribution >= 4 is 34.3 Å². The first-order chi connectivity index (χ1) is 11.8. The highest BCUT2D eigenvalue weighted by Crippen LogP contribution is 2.26. The van der Waals surface area contributed by atoms with Crippen LogP contribution in [0.1, 0.15) is 28.9 Å². The van der Waals surface area contributed by atoms with Gasteiger partial charge in [-0.15, -0.1) is 11.3 Å². The Labute approximate surface area is 148 Å². The molecule has 1 aliphatic rings. The Hall–Kier alpha value is -2.18. The topological polar surface area (TPSA) is 54.0 Å². The number of nitrogens with zero attached hydrogens (tertiary/aromatic N) is 1. The van der Waals surface area contributed by atoms with Crippen LogP contribution in [0, 0.1) is 0 Å². The van der Waals surface area contributed by atoms with Crippen LogP contribution < -0.4 is 10.6 Å². The van der Waals surface area contributed by atoms with Crippen molar-refractivity contribution in [3.05, 3.63) is 57.7 Å². The first-order valence-corrected chi connectivity index (χ1v) is 9.72. The van der Waals surface area contributed by atoms with Gasteiger partial charge in [-0.05, 0) is 48.6 Å². The molecule has 1 amide bonds. The normalized spacial score (nSPS) is 13.7. The molecule has 4 rings (SSSR count). The molecule has 0 unspecified atom stereocenters. The van der Waals surface area contributed by atoms with E-state index in [0.29, 0.717) is 18.2 Å². The number of carbonyl (C=O) groups excluding carboxylic acids is 1. The zero-order valence-electron chi connectivity index (χ0n) is 13.0. The molecule has 6 heteroatoms. The molecule has 0 bridgehead atoms. The van der Waals surface area contributed by atoms with Crippen molar-refractivity contribution in [2.24, 2.45) is 0 Å². The lowest BCUT2D eigenvalue weighted by Crippen LogP contribution is -2.25. The van der Waals surface area contributed by atoms with Crippen molar-refractivity contribution in [1.82, 2.24) is 10.3 Å². The zero-order valence-corrected chi connectivity index (χ0v) is 14.6. The molecule has 0 spiro atoms. The minimum atomic E-state index is 0.0176. The predicted octanol–water partition coefficient (Wildman–Crippen LogP) is 4.38. The lowest BCUT2D eigenvalue weighted by Gasteiger charge is -2.06. The minimum absolute atomic E-state index is 0.0176.